The smallest absolute Gasteiger partial charge is 0.368 e. The van der Waals surface area contributed by atoms with Crippen LogP contribution in [-0.4, -0.2) is 116 Å². The molecule has 0 spiro atoms. The van der Waals surface area contributed by atoms with Crippen LogP contribution >= 0.6 is 0 Å². The standard InChI is InChI=1S/C50H97N5O6S.C5H9N3O3S/c1-6-10-13-16-21-28-36-45(9-4)60-47(56)39-31-24-19-26-33-42-55(44-35-41-52-50-49(51-5)53-62(58,59)54-50)43-34-27-20-25-32-40-48(57)61-46(37-29-22-17-14-11-7-2)38-30-23-18-15-12-8-3;1-3-11-5-4(6-2)7-12(9,10)8-5/h45-46H,6-44H2,1-5H3,(H,51,53)(H,52,54);3H2,1-2H3,(H,6,7). The van der Waals surface area contributed by atoms with E-state index in [1.165, 1.54) is 96.3 Å². The lowest BCUT2D eigenvalue weighted by Crippen LogP contribution is -2.38. The van der Waals surface area contributed by atoms with Crippen LogP contribution in [0.4, 0.5) is 0 Å². The summed E-state index contributed by atoms with van der Waals surface area (Å²) in [7, 11) is -4.31. The van der Waals surface area contributed by atoms with Crippen molar-refractivity contribution in [3.05, 3.63) is 0 Å². The van der Waals surface area contributed by atoms with E-state index in [9.17, 15) is 26.4 Å². The van der Waals surface area contributed by atoms with Gasteiger partial charge in [-0.1, -0.05) is 163 Å². The van der Waals surface area contributed by atoms with E-state index in [-0.39, 0.29) is 47.6 Å². The Morgan fingerprint density at radius 1 is 0.459 bits per heavy atom. The molecule has 2 aliphatic rings. The molecular weight excluding hydrogens is 981 g/mol. The van der Waals surface area contributed by atoms with Gasteiger partial charge in [-0.05, 0) is 104 Å². The maximum Gasteiger partial charge on any atom is 0.368 e. The van der Waals surface area contributed by atoms with Gasteiger partial charge in [-0.2, -0.15) is 16.8 Å². The van der Waals surface area contributed by atoms with Crippen LogP contribution in [0.5, 0.6) is 0 Å². The highest BCUT2D eigenvalue weighted by molar-refractivity contribution is 7.90. The van der Waals surface area contributed by atoms with Crippen LogP contribution in [-0.2, 0) is 44.2 Å². The van der Waals surface area contributed by atoms with Gasteiger partial charge in [0.05, 0.1) is 6.61 Å². The predicted molar refractivity (Wildman–Crippen MR) is 306 cm³/mol. The summed E-state index contributed by atoms with van der Waals surface area (Å²) in [6.45, 7) is 14.5. The zero-order valence-corrected chi connectivity index (χ0v) is 49.3. The number of carbonyl (C=O) groups excluding carboxylic acids is 2. The highest BCUT2D eigenvalue weighted by atomic mass is 32.2. The summed E-state index contributed by atoms with van der Waals surface area (Å²) in [6, 6.07) is 0. The maximum atomic E-state index is 12.9. The van der Waals surface area contributed by atoms with Crippen LogP contribution in [0, 0.1) is 0 Å². The summed E-state index contributed by atoms with van der Waals surface area (Å²) in [5.74, 6) is 0.661. The molecular formula is C55H106N8O9S2. The first-order valence-electron chi connectivity index (χ1n) is 29.5. The van der Waals surface area contributed by atoms with Crippen molar-refractivity contribution >= 4 is 55.8 Å². The van der Waals surface area contributed by atoms with Gasteiger partial charge in [-0.3, -0.25) is 9.59 Å². The van der Waals surface area contributed by atoms with Crippen molar-refractivity contribution in [2.24, 2.45) is 17.6 Å². The lowest BCUT2D eigenvalue weighted by Gasteiger charge is -2.22. The minimum absolute atomic E-state index is 0.00936. The predicted octanol–water partition coefficient (Wildman–Crippen LogP) is 12.0. The number of esters is 2. The Labute approximate surface area is 451 Å². The Kier molecular flexibility index (Phi) is 41.6. The minimum atomic E-state index is -3.81. The van der Waals surface area contributed by atoms with Crippen molar-refractivity contribution in [2.75, 3.05) is 46.9 Å². The fourth-order valence-electron chi connectivity index (χ4n) is 8.99. The fraction of sp³-hybridized carbons (Fsp3) is 0.891. The third-order valence-corrected chi connectivity index (χ3v) is 15.0. The molecule has 0 aliphatic carbocycles. The van der Waals surface area contributed by atoms with E-state index in [1.807, 2.05) is 0 Å². The van der Waals surface area contributed by atoms with Crippen molar-refractivity contribution in [2.45, 2.75) is 272 Å². The molecule has 0 amide bonds. The van der Waals surface area contributed by atoms with Crippen molar-refractivity contribution < 1.29 is 40.6 Å². The number of nitrogens with one attached hydrogen (secondary N) is 3. The first-order chi connectivity index (χ1) is 35.8. The van der Waals surface area contributed by atoms with Gasteiger partial charge in [-0.15, -0.1) is 17.6 Å². The topological polar surface area (TPSA) is 219 Å². The molecule has 432 valence electrons. The van der Waals surface area contributed by atoms with E-state index in [0.29, 0.717) is 26.0 Å². The lowest BCUT2D eigenvalue weighted by atomic mass is 10.0. The second-order valence-electron chi connectivity index (χ2n) is 20.0. The summed E-state index contributed by atoms with van der Waals surface area (Å²) >= 11 is 0. The highest BCUT2D eigenvalue weighted by Gasteiger charge is 2.25. The number of hydrogen-bond acceptors (Lipinski definition) is 13. The SMILES string of the molecule is CCCCCCCCC(CC)OC(=O)CCCCCCCN(CCCCCCCC(=O)OC(CCCCCCCC)CCCCCCCC)CCCNC1=NS(=O)(=O)N=C1NC.CCOC1=NS(=O)(=O)N=C1NC. The molecule has 19 heteroatoms. The van der Waals surface area contributed by atoms with E-state index in [2.05, 4.69) is 66.1 Å². The third kappa shape index (κ3) is 36.6. The summed E-state index contributed by atoms with van der Waals surface area (Å²) in [4.78, 5) is 27.9. The molecule has 2 aliphatic heterocycles. The Morgan fingerprint density at radius 2 is 0.838 bits per heavy atom. The quantitative estimate of drug-likeness (QED) is 0.0382. The van der Waals surface area contributed by atoms with Crippen molar-refractivity contribution in [1.82, 2.24) is 20.9 Å². The van der Waals surface area contributed by atoms with Crippen molar-refractivity contribution in [1.29, 1.82) is 0 Å². The first-order valence-corrected chi connectivity index (χ1v) is 32.3. The Morgan fingerprint density at radius 3 is 1.30 bits per heavy atom. The van der Waals surface area contributed by atoms with Crippen LogP contribution in [0.2, 0.25) is 0 Å². The zero-order chi connectivity index (χ0) is 54.6. The average molecular weight is 1090 g/mol. The second-order valence-corrected chi connectivity index (χ2v) is 22.5. The molecule has 0 aromatic carbocycles. The van der Waals surface area contributed by atoms with E-state index in [1.54, 1.807) is 21.0 Å². The van der Waals surface area contributed by atoms with Gasteiger partial charge >= 0.3 is 32.4 Å². The van der Waals surface area contributed by atoms with Gasteiger partial charge in [0.25, 0.3) is 5.90 Å². The Hall–Kier alpha value is -3.32. The second kappa shape index (κ2) is 44.8. The monoisotopic (exact) mass is 1090 g/mol. The molecule has 2 heterocycles. The molecule has 0 saturated carbocycles. The maximum absolute atomic E-state index is 12.9. The van der Waals surface area contributed by atoms with E-state index < -0.39 is 20.4 Å². The van der Waals surface area contributed by atoms with Crippen LogP contribution in [0.3, 0.4) is 0 Å². The molecule has 1 atom stereocenters. The van der Waals surface area contributed by atoms with Crippen LogP contribution in [0.15, 0.2) is 17.6 Å². The van der Waals surface area contributed by atoms with E-state index >= 15 is 0 Å². The first kappa shape index (κ1) is 68.7. The van der Waals surface area contributed by atoms with Gasteiger partial charge in [0, 0.05) is 33.5 Å². The van der Waals surface area contributed by atoms with Crippen LogP contribution in [0.1, 0.15) is 259 Å². The van der Waals surface area contributed by atoms with Crippen LogP contribution in [0.25, 0.3) is 0 Å². The molecule has 17 nitrogen and oxygen atoms in total. The Balaban J connectivity index is 0.00000198. The molecule has 0 bridgehead atoms. The van der Waals surface area contributed by atoms with Gasteiger partial charge < -0.3 is 35.1 Å². The van der Waals surface area contributed by atoms with Gasteiger partial charge in [0.15, 0.2) is 11.7 Å². The van der Waals surface area contributed by atoms with Gasteiger partial charge in [0.2, 0.25) is 5.84 Å². The summed E-state index contributed by atoms with van der Waals surface area (Å²) in [5.41, 5.74) is 0. The summed E-state index contributed by atoms with van der Waals surface area (Å²) in [6.07, 6.45) is 39.2. The number of carbonyl (C=O) groups is 2. The highest BCUT2D eigenvalue weighted by Crippen LogP contribution is 2.19. The molecule has 0 fully saturated rings. The van der Waals surface area contributed by atoms with Gasteiger partial charge in [-0.25, -0.2) is 0 Å². The molecule has 0 radical (unpaired) electrons. The third-order valence-electron chi connectivity index (χ3n) is 13.3. The molecule has 0 saturated heterocycles. The van der Waals surface area contributed by atoms with Gasteiger partial charge in [0.1, 0.15) is 12.2 Å². The van der Waals surface area contributed by atoms with Crippen molar-refractivity contribution in [3.8, 4) is 0 Å². The molecule has 2 rings (SSSR count). The number of ether oxygens (including phenoxy) is 3. The van der Waals surface area contributed by atoms with E-state index in [0.717, 1.165) is 135 Å². The molecule has 74 heavy (non-hydrogen) atoms. The summed E-state index contributed by atoms with van der Waals surface area (Å²) < 4.78 is 76.0. The Bertz CT molecular complexity index is 1800. The number of hydrogen-bond donors (Lipinski definition) is 3. The normalized spacial score (nSPS) is 14.9. The molecule has 0 aromatic heterocycles. The number of amidine groups is 3. The summed E-state index contributed by atoms with van der Waals surface area (Å²) in [5, 5.41) is 8.53. The van der Waals surface area contributed by atoms with E-state index in [4.69, 9.17) is 14.2 Å². The number of likely N-dealkylation sites (N-methyl/N-ethyl adjacent to an activating group) is 2. The average Bonchev–Trinajstić information content (AvgIpc) is 3.85. The van der Waals surface area contributed by atoms with Crippen molar-refractivity contribution in [3.63, 3.8) is 0 Å². The molecule has 1 unspecified atom stereocenters. The lowest BCUT2D eigenvalue weighted by molar-refractivity contribution is -0.150. The number of rotatable bonds is 45. The molecule has 3 N–H and O–H groups in total. The zero-order valence-electron chi connectivity index (χ0n) is 47.7. The molecule has 0 aromatic rings. The fourth-order valence-corrected chi connectivity index (χ4v) is 10.6. The van der Waals surface area contributed by atoms with Crippen LogP contribution < -0.4 is 16.0 Å². The number of unbranched alkanes of at least 4 members (excludes halogenated alkanes) is 23. The largest absolute Gasteiger partial charge is 0.475 e. The number of nitrogens with zero attached hydrogens (tertiary/aromatic N) is 5. The minimum Gasteiger partial charge on any atom is -0.475 e.